The predicted octanol–water partition coefficient (Wildman–Crippen LogP) is 4.49. The second kappa shape index (κ2) is 5.86. The molecule has 0 aliphatic carbocycles. The molecule has 5 nitrogen and oxygen atoms in total. The van der Waals surface area contributed by atoms with E-state index in [0.29, 0.717) is 22.2 Å². The van der Waals surface area contributed by atoms with Crippen LogP contribution in [0.5, 0.6) is 5.75 Å². The van der Waals surface area contributed by atoms with Gasteiger partial charge in [-0.3, -0.25) is 5.10 Å². The first-order chi connectivity index (χ1) is 11.7. The van der Waals surface area contributed by atoms with Crippen molar-refractivity contribution in [1.29, 1.82) is 0 Å². The molecule has 118 valence electrons. The summed E-state index contributed by atoms with van der Waals surface area (Å²) >= 11 is 6.02. The Hall–Kier alpha value is -3.05. The van der Waals surface area contributed by atoms with E-state index in [4.69, 9.17) is 11.6 Å². The third kappa shape index (κ3) is 2.55. The summed E-state index contributed by atoms with van der Waals surface area (Å²) in [6.45, 7) is 0. The van der Waals surface area contributed by atoms with Crippen LogP contribution in [0.2, 0.25) is 5.02 Å². The number of halogens is 1. The van der Waals surface area contributed by atoms with E-state index in [1.807, 2.05) is 54.6 Å². The molecule has 2 aromatic carbocycles. The molecule has 0 aliphatic rings. The number of hydrogen-bond acceptors (Lipinski definition) is 3. The maximum Gasteiger partial charge on any atom is 0.172 e. The highest BCUT2D eigenvalue weighted by molar-refractivity contribution is 6.30. The first-order valence-electron chi connectivity index (χ1n) is 7.36. The lowest BCUT2D eigenvalue weighted by molar-refractivity contribution is 0.479. The fraction of sp³-hybridized carbons (Fsp3) is 0. The van der Waals surface area contributed by atoms with Crippen molar-refractivity contribution in [1.82, 2.24) is 20.2 Å². The molecular formula is C18H13ClN4O. The van der Waals surface area contributed by atoms with Crippen LogP contribution >= 0.6 is 11.6 Å². The van der Waals surface area contributed by atoms with Gasteiger partial charge in [0, 0.05) is 16.1 Å². The van der Waals surface area contributed by atoms with Crippen LogP contribution in [0, 0.1) is 0 Å². The number of aromatic nitrogens is 4. The van der Waals surface area contributed by atoms with E-state index in [1.165, 1.54) is 0 Å². The molecule has 6 heteroatoms. The van der Waals surface area contributed by atoms with Crippen LogP contribution in [0.4, 0.5) is 0 Å². The van der Waals surface area contributed by atoms with E-state index in [9.17, 15) is 5.11 Å². The Bertz CT molecular complexity index is 991. The average Bonchev–Trinajstić information content (AvgIpc) is 3.22. The molecule has 4 aromatic rings. The normalized spacial score (nSPS) is 10.9. The Kier molecular flexibility index (Phi) is 3.55. The third-order valence-corrected chi connectivity index (χ3v) is 3.97. The maximum absolute atomic E-state index is 10.5. The molecular weight excluding hydrogens is 324 g/mol. The lowest BCUT2D eigenvalue weighted by Gasteiger charge is -1.99. The Morgan fingerprint density at radius 1 is 0.958 bits per heavy atom. The largest absolute Gasteiger partial charge is 0.504 e. The van der Waals surface area contributed by atoms with Crippen LogP contribution in [0.1, 0.15) is 0 Å². The first-order valence-corrected chi connectivity index (χ1v) is 7.74. The maximum atomic E-state index is 10.5. The molecule has 0 saturated heterocycles. The summed E-state index contributed by atoms with van der Waals surface area (Å²) in [4.78, 5) is 7.49. The van der Waals surface area contributed by atoms with Crippen molar-refractivity contribution in [2.24, 2.45) is 0 Å². The Morgan fingerprint density at radius 2 is 1.75 bits per heavy atom. The van der Waals surface area contributed by atoms with Crippen LogP contribution in [0.25, 0.3) is 34.0 Å². The quantitative estimate of drug-likeness (QED) is 0.515. The summed E-state index contributed by atoms with van der Waals surface area (Å²) in [7, 11) is 0. The summed E-state index contributed by atoms with van der Waals surface area (Å²) in [6, 6.07) is 17.0. The summed E-state index contributed by atoms with van der Waals surface area (Å²) in [5.41, 5.74) is 3.51. The average molecular weight is 337 g/mol. The highest BCUT2D eigenvalue weighted by Crippen LogP contribution is 2.35. The predicted molar refractivity (Wildman–Crippen MR) is 93.7 cm³/mol. The molecule has 0 radical (unpaired) electrons. The Balaban J connectivity index is 1.72. The number of imidazole rings is 1. The van der Waals surface area contributed by atoms with Crippen LogP contribution < -0.4 is 0 Å². The van der Waals surface area contributed by atoms with Crippen LogP contribution in [-0.2, 0) is 0 Å². The van der Waals surface area contributed by atoms with Gasteiger partial charge in [0.1, 0.15) is 5.69 Å². The molecule has 3 N–H and O–H groups in total. The zero-order valence-electron chi connectivity index (χ0n) is 12.5. The molecule has 0 fully saturated rings. The third-order valence-electron chi connectivity index (χ3n) is 3.74. The van der Waals surface area contributed by atoms with Crippen molar-refractivity contribution in [2.45, 2.75) is 0 Å². The van der Waals surface area contributed by atoms with Gasteiger partial charge in [0.15, 0.2) is 17.3 Å². The number of benzene rings is 2. The zero-order chi connectivity index (χ0) is 16.5. The van der Waals surface area contributed by atoms with Gasteiger partial charge in [-0.05, 0) is 12.1 Å². The van der Waals surface area contributed by atoms with E-state index in [2.05, 4.69) is 20.2 Å². The number of rotatable bonds is 3. The fourth-order valence-electron chi connectivity index (χ4n) is 2.55. The van der Waals surface area contributed by atoms with Gasteiger partial charge < -0.3 is 10.1 Å². The number of H-pyrrole nitrogens is 2. The summed E-state index contributed by atoms with van der Waals surface area (Å²) in [5, 5.41) is 18.2. The summed E-state index contributed by atoms with van der Waals surface area (Å²) < 4.78 is 0. The van der Waals surface area contributed by atoms with Gasteiger partial charge in [0.05, 0.1) is 11.9 Å². The summed E-state index contributed by atoms with van der Waals surface area (Å²) in [6.07, 6.45) is 1.69. The number of nitrogens with one attached hydrogen (secondary N) is 2. The molecule has 2 aromatic heterocycles. The smallest absolute Gasteiger partial charge is 0.172 e. The standard InChI is InChI=1S/C18H13ClN4O/c19-13-8-4-7-12(9-13)14-10-20-18(21-14)16-17(24)15(22-23-16)11-5-2-1-3-6-11/h1-10,24H,(H,20,21)(H,22,23). The van der Waals surface area contributed by atoms with Crippen molar-refractivity contribution in [3.05, 3.63) is 65.8 Å². The molecule has 0 atom stereocenters. The van der Waals surface area contributed by atoms with Gasteiger partial charge in [0.2, 0.25) is 0 Å². The lowest BCUT2D eigenvalue weighted by Crippen LogP contribution is -1.82. The van der Waals surface area contributed by atoms with Gasteiger partial charge in [-0.25, -0.2) is 4.98 Å². The summed E-state index contributed by atoms with van der Waals surface area (Å²) in [5.74, 6) is 0.550. The molecule has 0 saturated carbocycles. The van der Waals surface area contributed by atoms with Crippen LogP contribution in [0.15, 0.2) is 60.8 Å². The molecule has 0 bridgehead atoms. The second-order valence-electron chi connectivity index (χ2n) is 5.32. The van der Waals surface area contributed by atoms with Gasteiger partial charge >= 0.3 is 0 Å². The molecule has 2 heterocycles. The Labute approximate surface area is 143 Å². The van der Waals surface area contributed by atoms with Gasteiger partial charge in [-0.1, -0.05) is 54.1 Å². The van der Waals surface area contributed by atoms with Crippen molar-refractivity contribution in [2.75, 3.05) is 0 Å². The number of aromatic amines is 2. The molecule has 0 aliphatic heterocycles. The highest BCUT2D eigenvalue weighted by atomic mass is 35.5. The SMILES string of the molecule is Oc1c(-c2ncc(-c3cccc(Cl)c3)[nH]2)n[nH]c1-c1ccccc1. The lowest BCUT2D eigenvalue weighted by atomic mass is 10.1. The zero-order valence-corrected chi connectivity index (χ0v) is 13.2. The first kappa shape index (κ1) is 14.5. The molecule has 0 spiro atoms. The van der Waals surface area contributed by atoms with E-state index in [1.54, 1.807) is 6.20 Å². The topological polar surface area (TPSA) is 77.6 Å². The fourth-order valence-corrected chi connectivity index (χ4v) is 2.74. The molecule has 24 heavy (non-hydrogen) atoms. The van der Waals surface area contributed by atoms with E-state index in [-0.39, 0.29) is 5.75 Å². The molecule has 0 amide bonds. The highest BCUT2D eigenvalue weighted by Gasteiger charge is 2.18. The number of aromatic hydroxyl groups is 1. The second-order valence-corrected chi connectivity index (χ2v) is 5.75. The minimum absolute atomic E-state index is 0.0631. The van der Waals surface area contributed by atoms with E-state index < -0.39 is 0 Å². The van der Waals surface area contributed by atoms with Crippen molar-refractivity contribution in [3.8, 4) is 39.8 Å². The van der Waals surface area contributed by atoms with Gasteiger partial charge in [0.25, 0.3) is 0 Å². The monoisotopic (exact) mass is 336 g/mol. The number of nitrogens with zero attached hydrogens (tertiary/aromatic N) is 2. The van der Waals surface area contributed by atoms with Crippen molar-refractivity contribution >= 4 is 11.6 Å². The van der Waals surface area contributed by atoms with Gasteiger partial charge in [-0.15, -0.1) is 0 Å². The minimum atomic E-state index is 0.0631. The molecule has 0 unspecified atom stereocenters. The van der Waals surface area contributed by atoms with E-state index in [0.717, 1.165) is 16.8 Å². The minimum Gasteiger partial charge on any atom is -0.504 e. The number of hydrogen-bond donors (Lipinski definition) is 3. The van der Waals surface area contributed by atoms with Crippen LogP contribution in [0.3, 0.4) is 0 Å². The van der Waals surface area contributed by atoms with Crippen LogP contribution in [-0.4, -0.2) is 25.3 Å². The Morgan fingerprint density at radius 3 is 2.54 bits per heavy atom. The van der Waals surface area contributed by atoms with Gasteiger partial charge in [-0.2, -0.15) is 5.10 Å². The molecule has 4 rings (SSSR count). The van der Waals surface area contributed by atoms with Crippen molar-refractivity contribution < 1.29 is 5.11 Å². The van der Waals surface area contributed by atoms with Crippen molar-refractivity contribution in [3.63, 3.8) is 0 Å². The van der Waals surface area contributed by atoms with E-state index >= 15 is 0 Å².